The zero-order chi connectivity index (χ0) is 28.1. The number of hydrogen-bond donors (Lipinski definition) is 1. The standard InChI is InChI=1S/C27H26F2N6O4/c1-27(2,3)39-26(38)34-13-19-24(25(34)37)20(11-18(31-19)23-15(12-30)5-4-6-17(23)29)35-10-8-22(32-35)33-9-7-16(28)21(36)14-33/h4-6,8,10-11,16,21,36H,7,9,13-14H2,1-3H3. The molecule has 0 radical (unpaired) electrons. The third-order valence-electron chi connectivity index (χ3n) is 6.49. The van der Waals surface area contributed by atoms with E-state index < -0.39 is 35.7 Å². The van der Waals surface area contributed by atoms with Gasteiger partial charge in [-0.1, -0.05) is 6.07 Å². The first-order valence-electron chi connectivity index (χ1n) is 12.4. The van der Waals surface area contributed by atoms with Crippen LogP contribution in [-0.2, 0) is 11.3 Å². The number of imide groups is 1. The number of fused-ring (bicyclic) bond motifs is 1. The summed E-state index contributed by atoms with van der Waals surface area (Å²) in [6, 6.07) is 9.12. The van der Waals surface area contributed by atoms with Gasteiger partial charge < -0.3 is 14.7 Å². The lowest BCUT2D eigenvalue weighted by molar-refractivity contribution is 0.0247. The van der Waals surface area contributed by atoms with Gasteiger partial charge in [0.05, 0.1) is 46.4 Å². The van der Waals surface area contributed by atoms with E-state index in [0.717, 1.165) is 4.90 Å². The summed E-state index contributed by atoms with van der Waals surface area (Å²) >= 11 is 0. The summed E-state index contributed by atoms with van der Waals surface area (Å²) in [6.45, 7) is 5.19. The van der Waals surface area contributed by atoms with Crippen molar-refractivity contribution < 1.29 is 28.2 Å². The highest BCUT2D eigenvalue weighted by atomic mass is 19.1. The van der Waals surface area contributed by atoms with Crippen molar-refractivity contribution in [3.05, 3.63) is 59.2 Å². The van der Waals surface area contributed by atoms with E-state index in [1.807, 2.05) is 6.07 Å². The number of nitrogens with zero attached hydrogens (tertiary/aromatic N) is 6. The molecule has 10 nitrogen and oxygen atoms in total. The Kier molecular flexibility index (Phi) is 6.56. The second kappa shape index (κ2) is 9.74. The number of pyridine rings is 1. The first-order valence-corrected chi connectivity index (χ1v) is 12.4. The third kappa shape index (κ3) is 4.93. The van der Waals surface area contributed by atoms with Crippen LogP contribution in [0, 0.1) is 17.1 Å². The molecule has 2 aliphatic heterocycles. The maximum absolute atomic E-state index is 15.0. The first kappa shape index (κ1) is 26.2. The van der Waals surface area contributed by atoms with E-state index in [0.29, 0.717) is 12.4 Å². The highest BCUT2D eigenvalue weighted by Gasteiger charge is 2.39. The summed E-state index contributed by atoms with van der Waals surface area (Å²) in [6.07, 6.45) is -1.63. The number of halogens is 2. The number of hydrogen-bond acceptors (Lipinski definition) is 8. The minimum absolute atomic E-state index is 0.0456. The second-order valence-corrected chi connectivity index (χ2v) is 10.4. The highest BCUT2D eigenvalue weighted by molar-refractivity contribution is 6.08. The molecule has 2 aliphatic rings. The number of aliphatic hydroxyl groups excluding tert-OH is 1. The molecule has 2 amide bonds. The molecule has 0 saturated carbocycles. The second-order valence-electron chi connectivity index (χ2n) is 10.4. The number of rotatable bonds is 3. The van der Waals surface area contributed by atoms with Crippen LogP contribution in [-0.4, -0.2) is 67.7 Å². The van der Waals surface area contributed by atoms with E-state index in [2.05, 4.69) is 10.1 Å². The molecular formula is C27H26F2N6O4. The predicted molar refractivity (Wildman–Crippen MR) is 135 cm³/mol. The Morgan fingerprint density at radius 2 is 2.03 bits per heavy atom. The van der Waals surface area contributed by atoms with Crippen LogP contribution in [0.1, 0.15) is 48.8 Å². The number of alkyl halides is 1. The van der Waals surface area contributed by atoms with Crippen LogP contribution in [0.15, 0.2) is 36.5 Å². The Bertz CT molecular complexity index is 1510. The molecule has 3 aromatic rings. The van der Waals surface area contributed by atoms with Gasteiger partial charge in [0, 0.05) is 25.4 Å². The lowest BCUT2D eigenvalue weighted by atomic mass is 10.0. The van der Waals surface area contributed by atoms with Crippen molar-refractivity contribution in [2.45, 2.75) is 51.6 Å². The van der Waals surface area contributed by atoms with Crippen molar-refractivity contribution in [2.75, 3.05) is 18.0 Å². The molecule has 0 aliphatic carbocycles. The molecule has 2 atom stereocenters. The maximum Gasteiger partial charge on any atom is 0.417 e. The number of amides is 2. The molecule has 1 aromatic carbocycles. The number of aromatic nitrogens is 3. The molecule has 202 valence electrons. The van der Waals surface area contributed by atoms with E-state index in [-0.39, 0.29) is 53.3 Å². The normalized spacial score (nSPS) is 19.2. The van der Waals surface area contributed by atoms with Crippen LogP contribution in [0.4, 0.5) is 19.4 Å². The average Bonchev–Trinajstić information content (AvgIpc) is 3.49. The van der Waals surface area contributed by atoms with Crippen molar-refractivity contribution in [3.8, 4) is 23.0 Å². The Morgan fingerprint density at radius 1 is 1.26 bits per heavy atom. The van der Waals surface area contributed by atoms with Crippen molar-refractivity contribution in [2.24, 2.45) is 0 Å². The number of carbonyl (C=O) groups excluding carboxylic acids is 2. The number of piperidine rings is 1. The zero-order valence-corrected chi connectivity index (χ0v) is 21.6. The molecule has 2 unspecified atom stereocenters. The minimum Gasteiger partial charge on any atom is -0.443 e. The van der Waals surface area contributed by atoms with E-state index in [1.165, 1.54) is 28.9 Å². The number of nitriles is 1. The van der Waals surface area contributed by atoms with Gasteiger partial charge in [-0.05, 0) is 45.4 Å². The Hall–Kier alpha value is -4.37. The molecule has 0 spiro atoms. The number of β-amino-alcohol motifs (C(OH)–C–C–N with tert-alkyl or cyclic N) is 1. The molecule has 12 heteroatoms. The fraction of sp³-hybridized carbons (Fsp3) is 0.370. The number of ether oxygens (including phenoxy) is 1. The molecule has 2 aromatic heterocycles. The van der Waals surface area contributed by atoms with Crippen LogP contribution in [0.25, 0.3) is 16.9 Å². The van der Waals surface area contributed by atoms with Gasteiger partial charge in [0.15, 0.2) is 5.82 Å². The van der Waals surface area contributed by atoms with Crippen LogP contribution >= 0.6 is 0 Å². The smallest absolute Gasteiger partial charge is 0.417 e. The van der Waals surface area contributed by atoms with Crippen LogP contribution in [0.3, 0.4) is 0 Å². The quantitative estimate of drug-likeness (QED) is 0.537. The van der Waals surface area contributed by atoms with Gasteiger partial charge in [0.1, 0.15) is 23.7 Å². The molecule has 39 heavy (non-hydrogen) atoms. The number of benzene rings is 1. The zero-order valence-electron chi connectivity index (χ0n) is 21.6. The lowest BCUT2D eigenvalue weighted by Crippen LogP contribution is -2.45. The monoisotopic (exact) mass is 536 g/mol. The summed E-state index contributed by atoms with van der Waals surface area (Å²) < 4.78 is 35.5. The highest BCUT2D eigenvalue weighted by Crippen LogP contribution is 2.34. The molecule has 1 saturated heterocycles. The van der Waals surface area contributed by atoms with Gasteiger partial charge in [-0.25, -0.2) is 28.1 Å². The fourth-order valence-corrected chi connectivity index (χ4v) is 4.67. The van der Waals surface area contributed by atoms with Crippen molar-refractivity contribution in [1.82, 2.24) is 19.7 Å². The maximum atomic E-state index is 15.0. The summed E-state index contributed by atoms with van der Waals surface area (Å²) in [5, 5.41) is 24.1. The van der Waals surface area contributed by atoms with Crippen LogP contribution < -0.4 is 4.90 Å². The molecule has 5 rings (SSSR count). The van der Waals surface area contributed by atoms with Gasteiger partial charge >= 0.3 is 6.09 Å². The molecule has 0 bridgehead atoms. The van der Waals surface area contributed by atoms with Crippen molar-refractivity contribution >= 4 is 17.8 Å². The molecular weight excluding hydrogens is 510 g/mol. The summed E-state index contributed by atoms with van der Waals surface area (Å²) in [7, 11) is 0. The van der Waals surface area contributed by atoms with Gasteiger partial charge in [-0.15, -0.1) is 0 Å². The minimum atomic E-state index is -1.32. The van der Waals surface area contributed by atoms with Crippen LogP contribution in [0.5, 0.6) is 0 Å². The van der Waals surface area contributed by atoms with Gasteiger partial charge in [0.2, 0.25) is 0 Å². The Balaban J connectivity index is 1.62. The average molecular weight is 537 g/mol. The molecule has 1 fully saturated rings. The third-order valence-corrected chi connectivity index (χ3v) is 6.49. The van der Waals surface area contributed by atoms with Crippen molar-refractivity contribution in [1.29, 1.82) is 5.26 Å². The van der Waals surface area contributed by atoms with E-state index >= 15 is 0 Å². The van der Waals surface area contributed by atoms with E-state index in [9.17, 15) is 28.7 Å². The number of anilines is 1. The summed E-state index contributed by atoms with van der Waals surface area (Å²) in [4.78, 5) is 33.4. The summed E-state index contributed by atoms with van der Waals surface area (Å²) in [5.41, 5.74) is -0.281. The Morgan fingerprint density at radius 3 is 2.72 bits per heavy atom. The van der Waals surface area contributed by atoms with Gasteiger partial charge in [-0.2, -0.15) is 10.4 Å². The van der Waals surface area contributed by atoms with E-state index in [4.69, 9.17) is 4.74 Å². The molecule has 1 N–H and O–H groups in total. The number of aliphatic hydroxyl groups is 1. The first-order chi connectivity index (χ1) is 18.5. The SMILES string of the molecule is CC(C)(C)OC(=O)N1Cc2nc(-c3c(F)cccc3C#N)cc(-n3ccc(N4CCC(F)C(O)C4)n3)c2C1=O. The lowest BCUT2D eigenvalue weighted by Gasteiger charge is -2.32. The van der Waals surface area contributed by atoms with Gasteiger partial charge in [-0.3, -0.25) is 4.79 Å². The fourth-order valence-electron chi connectivity index (χ4n) is 4.67. The number of carbonyl (C=O) groups is 2. The van der Waals surface area contributed by atoms with E-state index in [1.54, 1.807) is 37.9 Å². The summed E-state index contributed by atoms with van der Waals surface area (Å²) in [5.74, 6) is -0.899. The van der Waals surface area contributed by atoms with Crippen molar-refractivity contribution in [3.63, 3.8) is 0 Å². The van der Waals surface area contributed by atoms with Gasteiger partial charge in [0.25, 0.3) is 5.91 Å². The molecule has 4 heterocycles. The predicted octanol–water partition coefficient (Wildman–Crippen LogP) is 3.75. The topological polar surface area (TPSA) is 125 Å². The Labute approximate surface area is 223 Å². The van der Waals surface area contributed by atoms with Crippen LogP contribution in [0.2, 0.25) is 0 Å². The largest absolute Gasteiger partial charge is 0.443 e.